The summed E-state index contributed by atoms with van der Waals surface area (Å²) < 4.78 is 12.5. The number of benzene rings is 2. The molecule has 8 nitrogen and oxygen atoms in total. The number of aryl methyl sites for hydroxylation is 3. The van der Waals surface area contributed by atoms with Crippen LogP contribution in [-0.4, -0.2) is 27.3 Å². The van der Waals surface area contributed by atoms with E-state index in [0.29, 0.717) is 23.0 Å². The summed E-state index contributed by atoms with van der Waals surface area (Å²) in [6, 6.07) is 18.2. The van der Waals surface area contributed by atoms with E-state index in [1.165, 1.54) is 6.07 Å². The summed E-state index contributed by atoms with van der Waals surface area (Å²) in [4.78, 5) is 29.0. The van der Waals surface area contributed by atoms with Gasteiger partial charge in [0.15, 0.2) is 12.4 Å². The van der Waals surface area contributed by atoms with Crippen LogP contribution >= 0.6 is 0 Å². The molecule has 3 heterocycles. The van der Waals surface area contributed by atoms with Crippen molar-refractivity contribution in [2.75, 3.05) is 11.9 Å². The average molecular weight is 454 g/mol. The summed E-state index contributed by atoms with van der Waals surface area (Å²) in [5.74, 6) is 1.17. The van der Waals surface area contributed by atoms with Crippen LogP contribution in [0.2, 0.25) is 0 Å². The van der Waals surface area contributed by atoms with Gasteiger partial charge in [0.25, 0.3) is 5.91 Å². The number of hydrogen-bond acceptors (Lipinski definition) is 6. The second-order valence-electron chi connectivity index (χ2n) is 8.14. The van der Waals surface area contributed by atoms with Crippen LogP contribution in [0.3, 0.4) is 0 Å². The third-order valence-electron chi connectivity index (χ3n) is 5.52. The molecule has 0 aliphatic heterocycles. The third kappa shape index (κ3) is 4.13. The van der Waals surface area contributed by atoms with Gasteiger partial charge in [-0.25, -0.2) is 9.78 Å². The largest absolute Gasteiger partial charge is 0.484 e. The highest BCUT2D eigenvalue weighted by atomic mass is 16.5. The van der Waals surface area contributed by atoms with E-state index in [4.69, 9.17) is 14.1 Å². The van der Waals surface area contributed by atoms with Crippen LogP contribution in [0.1, 0.15) is 16.8 Å². The molecule has 0 aliphatic rings. The van der Waals surface area contributed by atoms with Gasteiger partial charge < -0.3 is 14.5 Å². The van der Waals surface area contributed by atoms with Crippen molar-refractivity contribution in [1.29, 1.82) is 0 Å². The van der Waals surface area contributed by atoms with E-state index >= 15 is 0 Å². The first kappa shape index (κ1) is 21.4. The van der Waals surface area contributed by atoms with Gasteiger partial charge in [-0.05, 0) is 56.2 Å². The number of anilines is 1. The third-order valence-corrected chi connectivity index (χ3v) is 5.52. The van der Waals surface area contributed by atoms with Crippen LogP contribution in [0.25, 0.3) is 27.7 Å². The minimum atomic E-state index is -0.430. The molecule has 0 fully saturated rings. The van der Waals surface area contributed by atoms with Crippen molar-refractivity contribution in [1.82, 2.24) is 14.8 Å². The maximum Gasteiger partial charge on any atom is 0.336 e. The molecule has 0 spiro atoms. The van der Waals surface area contributed by atoms with Gasteiger partial charge in [-0.2, -0.15) is 9.78 Å². The summed E-state index contributed by atoms with van der Waals surface area (Å²) in [7, 11) is 0. The molecule has 3 aromatic heterocycles. The monoisotopic (exact) mass is 454 g/mol. The number of pyridine rings is 1. The van der Waals surface area contributed by atoms with E-state index in [9.17, 15) is 9.59 Å². The summed E-state index contributed by atoms with van der Waals surface area (Å²) in [6.45, 7) is 5.48. The maximum absolute atomic E-state index is 12.7. The second kappa shape index (κ2) is 8.47. The molecule has 0 saturated carbocycles. The Balaban J connectivity index is 1.35. The average Bonchev–Trinajstić information content (AvgIpc) is 3.17. The Morgan fingerprint density at radius 1 is 1.00 bits per heavy atom. The highest BCUT2D eigenvalue weighted by Gasteiger charge is 2.14. The number of aromatic nitrogens is 3. The summed E-state index contributed by atoms with van der Waals surface area (Å²) in [5.41, 5.74) is 3.45. The Labute approximate surface area is 194 Å². The van der Waals surface area contributed by atoms with Gasteiger partial charge >= 0.3 is 5.63 Å². The van der Waals surface area contributed by atoms with Gasteiger partial charge in [0.05, 0.1) is 11.2 Å². The van der Waals surface area contributed by atoms with Crippen LogP contribution in [-0.2, 0) is 4.79 Å². The van der Waals surface area contributed by atoms with Crippen LogP contribution in [0, 0.1) is 20.8 Å². The maximum atomic E-state index is 12.7. The normalized spacial score (nSPS) is 11.1. The number of nitrogens with one attached hydrogen (secondary N) is 1. The number of ether oxygens (including phenoxy) is 1. The zero-order valence-electron chi connectivity index (χ0n) is 19.0. The SMILES string of the molecule is Cc1cc(NC(=O)COc2ccc3c(C)cc(=O)oc3c2)n(-c2cc(C)c3ccccc3n2)n1. The van der Waals surface area contributed by atoms with E-state index in [1.54, 1.807) is 28.9 Å². The molecular weight excluding hydrogens is 432 g/mol. The van der Waals surface area contributed by atoms with Crippen LogP contribution in [0.15, 0.2) is 69.9 Å². The van der Waals surface area contributed by atoms with E-state index in [-0.39, 0.29) is 12.5 Å². The molecule has 8 heteroatoms. The number of hydrogen-bond donors (Lipinski definition) is 1. The molecule has 5 rings (SSSR count). The molecule has 0 saturated heterocycles. The first-order valence-corrected chi connectivity index (χ1v) is 10.8. The summed E-state index contributed by atoms with van der Waals surface area (Å²) in [5, 5.41) is 9.23. The summed E-state index contributed by atoms with van der Waals surface area (Å²) >= 11 is 0. The predicted octanol–water partition coefficient (Wildman–Crippen LogP) is 4.47. The molecule has 170 valence electrons. The quantitative estimate of drug-likeness (QED) is 0.394. The van der Waals surface area contributed by atoms with Crippen molar-refractivity contribution >= 4 is 33.6 Å². The first-order valence-electron chi connectivity index (χ1n) is 10.8. The zero-order valence-corrected chi connectivity index (χ0v) is 19.0. The number of rotatable bonds is 5. The fourth-order valence-electron chi connectivity index (χ4n) is 3.93. The molecular formula is C26H22N4O4. The van der Waals surface area contributed by atoms with E-state index in [1.807, 2.05) is 51.1 Å². The lowest BCUT2D eigenvalue weighted by atomic mass is 10.1. The lowest BCUT2D eigenvalue weighted by molar-refractivity contribution is -0.118. The number of fused-ring (bicyclic) bond motifs is 2. The number of amides is 1. The van der Waals surface area contributed by atoms with Gasteiger partial charge in [0.1, 0.15) is 17.2 Å². The molecule has 1 N–H and O–H groups in total. The Kier molecular flexibility index (Phi) is 5.33. The van der Waals surface area contributed by atoms with E-state index in [0.717, 1.165) is 33.1 Å². The molecule has 2 aromatic carbocycles. The highest BCUT2D eigenvalue weighted by molar-refractivity contribution is 5.91. The molecule has 0 bridgehead atoms. The van der Waals surface area contributed by atoms with Crippen LogP contribution in [0.5, 0.6) is 5.75 Å². The lowest BCUT2D eigenvalue weighted by Gasteiger charge is -2.11. The van der Waals surface area contributed by atoms with Crippen molar-refractivity contribution in [2.45, 2.75) is 20.8 Å². The zero-order chi connectivity index (χ0) is 23.8. The lowest BCUT2D eigenvalue weighted by Crippen LogP contribution is -2.22. The van der Waals surface area contributed by atoms with Crippen molar-refractivity contribution in [3.8, 4) is 11.6 Å². The van der Waals surface area contributed by atoms with Gasteiger partial charge in [-0.15, -0.1) is 0 Å². The Hall–Kier alpha value is -4.46. The molecule has 5 aromatic rings. The molecule has 0 radical (unpaired) electrons. The number of nitrogens with zero attached hydrogens (tertiary/aromatic N) is 3. The predicted molar refractivity (Wildman–Crippen MR) is 130 cm³/mol. The number of para-hydroxylation sites is 1. The van der Waals surface area contributed by atoms with Crippen molar-refractivity contribution in [3.63, 3.8) is 0 Å². The molecule has 0 atom stereocenters. The van der Waals surface area contributed by atoms with Gasteiger partial charge in [-0.1, -0.05) is 18.2 Å². The highest BCUT2D eigenvalue weighted by Crippen LogP contribution is 2.24. The van der Waals surface area contributed by atoms with Crippen molar-refractivity contribution in [2.24, 2.45) is 0 Å². The van der Waals surface area contributed by atoms with E-state index in [2.05, 4.69) is 10.4 Å². The Morgan fingerprint density at radius 3 is 2.65 bits per heavy atom. The number of carbonyl (C=O) groups is 1. The Morgan fingerprint density at radius 2 is 1.79 bits per heavy atom. The fraction of sp³-hybridized carbons (Fsp3) is 0.154. The van der Waals surface area contributed by atoms with Crippen LogP contribution < -0.4 is 15.7 Å². The van der Waals surface area contributed by atoms with Crippen molar-refractivity contribution < 1.29 is 13.9 Å². The van der Waals surface area contributed by atoms with Crippen LogP contribution in [0.4, 0.5) is 5.82 Å². The standard InChI is InChI=1S/C26H22N4O4/c1-15-10-23(27-21-7-5-4-6-19(15)21)30-24(12-17(3)29-30)28-25(31)14-33-18-8-9-20-16(2)11-26(32)34-22(20)13-18/h4-13H,14H2,1-3H3,(H,28,31). The topological polar surface area (TPSA) is 99.2 Å². The molecule has 0 unspecified atom stereocenters. The Bertz CT molecular complexity index is 1620. The molecule has 0 aliphatic carbocycles. The van der Waals surface area contributed by atoms with Crippen molar-refractivity contribution in [3.05, 3.63) is 87.9 Å². The fourth-order valence-corrected chi connectivity index (χ4v) is 3.93. The van der Waals surface area contributed by atoms with Gasteiger partial charge in [0.2, 0.25) is 0 Å². The minimum absolute atomic E-state index is 0.226. The molecule has 1 amide bonds. The second-order valence-corrected chi connectivity index (χ2v) is 8.14. The smallest absolute Gasteiger partial charge is 0.336 e. The number of carbonyl (C=O) groups excluding carboxylic acids is 1. The van der Waals surface area contributed by atoms with E-state index < -0.39 is 5.63 Å². The first-order chi connectivity index (χ1) is 16.4. The molecule has 34 heavy (non-hydrogen) atoms. The van der Waals surface area contributed by atoms with Gasteiger partial charge in [0, 0.05) is 29.0 Å². The van der Waals surface area contributed by atoms with Gasteiger partial charge in [-0.3, -0.25) is 4.79 Å². The summed E-state index contributed by atoms with van der Waals surface area (Å²) in [6.07, 6.45) is 0. The minimum Gasteiger partial charge on any atom is -0.484 e.